The number of amides is 1. The van der Waals surface area contributed by atoms with Gasteiger partial charge in [-0.05, 0) is 43.2 Å². The van der Waals surface area contributed by atoms with E-state index in [4.69, 9.17) is 16.3 Å². The minimum atomic E-state index is -1.23. The van der Waals surface area contributed by atoms with Gasteiger partial charge < -0.3 is 19.8 Å². The summed E-state index contributed by atoms with van der Waals surface area (Å²) >= 11 is 6.47. The zero-order valence-electron chi connectivity index (χ0n) is 18.9. The van der Waals surface area contributed by atoms with E-state index in [0.717, 1.165) is 11.1 Å². The predicted molar refractivity (Wildman–Crippen MR) is 124 cm³/mol. The Bertz CT molecular complexity index is 1110. The van der Waals surface area contributed by atoms with Gasteiger partial charge in [0.15, 0.2) is 11.5 Å². The molecule has 3 heterocycles. The lowest BCUT2D eigenvalue weighted by Gasteiger charge is -2.54. The molecule has 1 amide bonds. The largest absolute Gasteiger partial charge is 0.507 e. The highest BCUT2D eigenvalue weighted by Crippen LogP contribution is 2.51. The van der Waals surface area contributed by atoms with E-state index < -0.39 is 11.5 Å². The average Bonchev–Trinajstić information content (AvgIpc) is 2.89. The van der Waals surface area contributed by atoms with Crippen molar-refractivity contribution >= 4 is 17.5 Å². The monoisotopic (exact) mass is 469 g/mol. The van der Waals surface area contributed by atoms with Crippen molar-refractivity contribution in [3.05, 3.63) is 82.4 Å². The maximum absolute atomic E-state index is 13.3. The van der Waals surface area contributed by atoms with Crippen LogP contribution in [0.3, 0.4) is 0 Å². The lowest BCUT2D eigenvalue weighted by Crippen LogP contribution is -2.62. The smallest absolute Gasteiger partial charge is 0.276 e. The molecule has 1 saturated heterocycles. The summed E-state index contributed by atoms with van der Waals surface area (Å²) in [6.45, 7) is 6.75. The van der Waals surface area contributed by atoms with Crippen molar-refractivity contribution in [2.45, 2.75) is 51.7 Å². The Labute approximate surface area is 198 Å². The van der Waals surface area contributed by atoms with Crippen LogP contribution >= 0.6 is 11.6 Å². The van der Waals surface area contributed by atoms with Crippen molar-refractivity contribution in [1.82, 2.24) is 14.9 Å². The predicted octanol–water partition coefficient (Wildman–Crippen LogP) is 3.80. The first-order valence-electron chi connectivity index (χ1n) is 11.1. The average molecular weight is 470 g/mol. The standard InChI is InChI=1S/C25H28ClN3O4/c1-15(2)27-14-29(28-11-9-19(30)22(31)21(28)24(27)32)23-18-12-17(26)8-7-16(18)13-33-20-6-4-5-10-25(20,23)3/h4-12,15,19-20,23,30-31H,13-14H2,1-3H3. The maximum atomic E-state index is 13.3. The topological polar surface area (TPSA) is 76.5 Å². The van der Waals surface area contributed by atoms with Gasteiger partial charge in [0.2, 0.25) is 0 Å². The summed E-state index contributed by atoms with van der Waals surface area (Å²) < 4.78 is 6.34. The van der Waals surface area contributed by atoms with Gasteiger partial charge in [0.25, 0.3) is 5.91 Å². The van der Waals surface area contributed by atoms with Crippen LogP contribution in [0.15, 0.2) is 66.2 Å². The molecule has 1 aromatic rings. The maximum Gasteiger partial charge on any atom is 0.276 e. The molecule has 4 aliphatic rings. The van der Waals surface area contributed by atoms with Crippen molar-refractivity contribution in [2.24, 2.45) is 5.41 Å². The molecular formula is C25H28ClN3O4. The molecule has 0 aromatic heterocycles. The lowest BCUT2D eigenvalue weighted by molar-refractivity contribution is -0.164. The van der Waals surface area contributed by atoms with Crippen molar-refractivity contribution in [1.29, 1.82) is 0 Å². The van der Waals surface area contributed by atoms with Crippen LogP contribution in [-0.4, -0.2) is 56.0 Å². The number of hydrogen-bond donors (Lipinski definition) is 2. The second-order valence-electron chi connectivity index (χ2n) is 9.40. The van der Waals surface area contributed by atoms with Gasteiger partial charge in [-0.25, -0.2) is 0 Å². The van der Waals surface area contributed by atoms with Gasteiger partial charge in [-0.3, -0.25) is 9.80 Å². The molecule has 7 nitrogen and oxygen atoms in total. The Morgan fingerprint density at radius 1 is 1.24 bits per heavy atom. The van der Waals surface area contributed by atoms with Gasteiger partial charge in [-0.15, -0.1) is 0 Å². The molecule has 33 heavy (non-hydrogen) atoms. The number of aliphatic hydroxyl groups excluding tert-OH is 2. The molecule has 3 aliphatic heterocycles. The number of nitrogens with zero attached hydrogens (tertiary/aromatic N) is 3. The summed E-state index contributed by atoms with van der Waals surface area (Å²) in [5.74, 6) is -0.672. The van der Waals surface area contributed by atoms with E-state index in [-0.39, 0.29) is 35.6 Å². The van der Waals surface area contributed by atoms with Crippen LogP contribution in [0.5, 0.6) is 0 Å². The van der Waals surface area contributed by atoms with Crippen LogP contribution in [0.4, 0.5) is 0 Å². The third kappa shape index (κ3) is 3.42. The minimum absolute atomic E-state index is 0.0641. The van der Waals surface area contributed by atoms with Crippen molar-refractivity contribution in [3.63, 3.8) is 0 Å². The molecule has 8 heteroatoms. The highest BCUT2D eigenvalue weighted by Gasteiger charge is 2.52. The van der Waals surface area contributed by atoms with Gasteiger partial charge in [-0.2, -0.15) is 5.01 Å². The van der Waals surface area contributed by atoms with Crippen molar-refractivity contribution in [3.8, 4) is 0 Å². The second-order valence-corrected chi connectivity index (χ2v) is 9.84. The summed E-state index contributed by atoms with van der Waals surface area (Å²) in [6.07, 6.45) is 9.90. The van der Waals surface area contributed by atoms with E-state index >= 15 is 0 Å². The summed E-state index contributed by atoms with van der Waals surface area (Å²) in [6, 6.07) is 5.41. The Balaban J connectivity index is 1.73. The zero-order chi connectivity index (χ0) is 23.5. The number of halogens is 1. The molecule has 2 N–H and O–H groups in total. The van der Waals surface area contributed by atoms with E-state index in [9.17, 15) is 15.0 Å². The summed E-state index contributed by atoms with van der Waals surface area (Å²) in [5.41, 5.74) is 1.59. The Morgan fingerprint density at radius 2 is 2.03 bits per heavy atom. The zero-order valence-corrected chi connectivity index (χ0v) is 19.6. The normalized spacial score (nSPS) is 31.6. The molecule has 1 aliphatic carbocycles. The highest BCUT2D eigenvalue weighted by atomic mass is 35.5. The fourth-order valence-electron chi connectivity index (χ4n) is 5.20. The SMILES string of the molecule is CC(C)N1CN(C2c3cc(Cl)ccc3COC3C=CC=CC32C)N2C=CC(O)C(O)=C2C1=O. The molecule has 4 unspecified atom stereocenters. The van der Waals surface area contributed by atoms with E-state index in [1.165, 1.54) is 6.08 Å². The fourth-order valence-corrected chi connectivity index (χ4v) is 5.38. The molecule has 0 bridgehead atoms. The summed E-state index contributed by atoms with van der Waals surface area (Å²) in [5, 5.41) is 25.4. The van der Waals surface area contributed by atoms with E-state index in [0.29, 0.717) is 18.3 Å². The molecule has 4 atom stereocenters. The Morgan fingerprint density at radius 3 is 2.79 bits per heavy atom. The first-order chi connectivity index (χ1) is 15.7. The van der Waals surface area contributed by atoms with Gasteiger partial charge in [0.05, 0.1) is 25.4 Å². The van der Waals surface area contributed by atoms with E-state index in [1.54, 1.807) is 16.1 Å². The van der Waals surface area contributed by atoms with Crippen LogP contribution in [0.25, 0.3) is 0 Å². The number of fused-ring (bicyclic) bond motifs is 3. The molecular weight excluding hydrogens is 442 g/mol. The van der Waals surface area contributed by atoms with Crippen LogP contribution in [0.2, 0.25) is 5.02 Å². The summed E-state index contributed by atoms with van der Waals surface area (Å²) in [7, 11) is 0. The molecule has 0 radical (unpaired) electrons. The number of benzene rings is 1. The third-order valence-corrected chi connectivity index (χ3v) is 7.23. The van der Waals surface area contributed by atoms with Gasteiger partial charge in [0, 0.05) is 22.7 Å². The Kier molecular flexibility index (Phi) is 5.40. The second kappa shape index (κ2) is 8.02. The molecule has 5 rings (SSSR count). The Hall–Kier alpha value is -2.58. The molecule has 0 saturated carbocycles. The number of aliphatic hydroxyl groups is 2. The van der Waals surface area contributed by atoms with Crippen LogP contribution in [-0.2, 0) is 16.1 Å². The minimum Gasteiger partial charge on any atom is -0.507 e. The molecule has 0 spiro atoms. The number of carbonyl (C=O) groups is 1. The van der Waals surface area contributed by atoms with Crippen LogP contribution in [0.1, 0.15) is 37.9 Å². The highest BCUT2D eigenvalue weighted by molar-refractivity contribution is 6.30. The lowest BCUT2D eigenvalue weighted by atomic mass is 9.71. The number of hydrazine groups is 1. The van der Waals surface area contributed by atoms with Crippen molar-refractivity contribution in [2.75, 3.05) is 6.67 Å². The number of carbonyl (C=O) groups excluding carboxylic acids is 1. The quantitative estimate of drug-likeness (QED) is 0.686. The van der Waals surface area contributed by atoms with Crippen LogP contribution < -0.4 is 0 Å². The van der Waals surface area contributed by atoms with Gasteiger partial charge in [0.1, 0.15) is 6.10 Å². The molecule has 1 aromatic carbocycles. The van der Waals surface area contributed by atoms with Crippen molar-refractivity contribution < 1.29 is 19.7 Å². The fraction of sp³-hybridized carbons (Fsp3) is 0.400. The number of rotatable bonds is 2. The number of allylic oxidation sites excluding steroid dienone is 2. The molecule has 174 valence electrons. The first-order valence-corrected chi connectivity index (χ1v) is 11.5. The number of hydrogen-bond acceptors (Lipinski definition) is 6. The third-order valence-electron chi connectivity index (χ3n) is 7.00. The summed E-state index contributed by atoms with van der Waals surface area (Å²) in [4.78, 5) is 15.0. The van der Waals surface area contributed by atoms with Gasteiger partial charge >= 0.3 is 0 Å². The van der Waals surface area contributed by atoms with Gasteiger partial charge in [-0.1, -0.05) is 48.9 Å². The molecule has 1 fully saturated rings. The van der Waals surface area contributed by atoms with E-state index in [1.807, 2.05) is 44.2 Å². The van der Waals surface area contributed by atoms with E-state index in [2.05, 4.69) is 24.1 Å². The first kappa shape index (κ1) is 22.2. The van der Waals surface area contributed by atoms with Crippen LogP contribution in [0, 0.1) is 5.41 Å². The number of ether oxygens (including phenoxy) is 1.